The molecule has 23 heavy (non-hydrogen) atoms. The van der Waals surface area contributed by atoms with Gasteiger partial charge in [0.2, 0.25) is 11.8 Å². The maximum atomic E-state index is 12.7. The monoisotopic (exact) mass is 324 g/mol. The molecular formula is C17H28N2O4. The van der Waals surface area contributed by atoms with Gasteiger partial charge in [0.05, 0.1) is 11.8 Å². The lowest BCUT2D eigenvalue weighted by molar-refractivity contribution is -0.143. The van der Waals surface area contributed by atoms with Gasteiger partial charge in [0.25, 0.3) is 0 Å². The van der Waals surface area contributed by atoms with Crippen LogP contribution in [0.5, 0.6) is 0 Å². The van der Waals surface area contributed by atoms with Crippen molar-refractivity contribution >= 4 is 17.8 Å². The highest BCUT2D eigenvalue weighted by molar-refractivity contribution is 5.83. The largest absolute Gasteiger partial charge is 0.481 e. The van der Waals surface area contributed by atoms with E-state index >= 15 is 0 Å². The molecule has 0 aromatic carbocycles. The first-order chi connectivity index (χ1) is 10.8. The Hall–Kier alpha value is -1.59. The molecule has 2 aliphatic heterocycles. The summed E-state index contributed by atoms with van der Waals surface area (Å²) in [4.78, 5) is 39.8. The molecule has 0 saturated carbocycles. The van der Waals surface area contributed by atoms with Crippen molar-refractivity contribution in [1.29, 1.82) is 0 Å². The molecule has 2 aliphatic rings. The van der Waals surface area contributed by atoms with Crippen LogP contribution in [0.4, 0.5) is 0 Å². The Balaban J connectivity index is 1.97. The van der Waals surface area contributed by atoms with E-state index in [1.807, 2.05) is 25.7 Å². The molecule has 0 radical (unpaired) electrons. The van der Waals surface area contributed by atoms with Crippen molar-refractivity contribution in [2.24, 2.45) is 23.7 Å². The quantitative estimate of drug-likeness (QED) is 0.849. The highest BCUT2D eigenvalue weighted by atomic mass is 16.4. The first-order valence-electron chi connectivity index (χ1n) is 8.65. The summed E-state index contributed by atoms with van der Waals surface area (Å²) in [6, 6.07) is 0. The molecule has 2 unspecified atom stereocenters. The first-order valence-corrected chi connectivity index (χ1v) is 8.65. The molecule has 1 N–H and O–H groups in total. The Kier molecular flexibility index (Phi) is 5.65. The summed E-state index contributed by atoms with van der Waals surface area (Å²) >= 11 is 0. The molecule has 0 aromatic heterocycles. The van der Waals surface area contributed by atoms with E-state index in [1.165, 1.54) is 0 Å². The van der Waals surface area contributed by atoms with Crippen LogP contribution in [0, 0.1) is 23.7 Å². The van der Waals surface area contributed by atoms with Gasteiger partial charge >= 0.3 is 5.97 Å². The van der Waals surface area contributed by atoms with Crippen molar-refractivity contribution in [3.63, 3.8) is 0 Å². The van der Waals surface area contributed by atoms with Gasteiger partial charge in [0, 0.05) is 32.1 Å². The van der Waals surface area contributed by atoms with Crippen LogP contribution in [0.1, 0.15) is 40.0 Å². The predicted octanol–water partition coefficient (Wildman–Crippen LogP) is 1.45. The number of rotatable bonds is 4. The fourth-order valence-corrected chi connectivity index (χ4v) is 3.59. The van der Waals surface area contributed by atoms with E-state index in [2.05, 4.69) is 0 Å². The summed E-state index contributed by atoms with van der Waals surface area (Å²) in [5.41, 5.74) is 0. The molecule has 4 atom stereocenters. The molecule has 0 aromatic rings. The van der Waals surface area contributed by atoms with Crippen LogP contribution < -0.4 is 0 Å². The lowest BCUT2D eigenvalue weighted by Crippen LogP contribution is -2.47. The number of nitrogens with zero attached hydrogens (tertiary/aromatic N) is 2. The number of likely N-dealkylation sites (tertiary alicyclic amines) is 2. The Morgan fingerprint density at radius 1 is 1.17 bits per heavy atom. The average Bonchev–Trinajstić information content (AvgIpc) is 2.94. The van der Waals surface area contributed by atoms with Crippen LogP contribution in [0.25, 0.3) is 0 Å². The fraction of sp³-hybridized carbons (Fsp3) is 0.824. The third-order valence-corrected chi connectivity index (χ3v) is 5.36. The predicted molar refractivity (Wildman–Crippen MR) is 85.6 cm³/mol. The third kappa shape index (κ3) is 3.85. The molecule has 2 saturated heterocycles. The van der Waals surface area contributed by atoms with Crippen molar-refractivity contribution in [1.82, 2.24) is 9.80 Å². The van der Waals surface area contributed by atoms with Crippen molar-refractivity contribution in [3.8, 4) is 0 Å². The molecule has 0 bridgehead atoms. The Labute approximate surface area is 137 Å². The second kappa shape index (κ2) is 7.32. The molecule has 2 fully saturated rings. The van der Waals surface area contributed by atoms with Gasteiger partial charge in [-0.05, 0) is 25.2 Å². The number of piperidine rings is 1. The van der Waals surface area contributed by atoms with Gasteiger partial charge in [0.1, 0.15) is 0 Å². The van der Waals surface area contributed by atoms with Gasteiger partial charge in [-0.3, -0.25) is 14.4 Å². The van der Waals surface area contributed by atoms with Crippen molar-refractivity contribution in [2.45, 2.75) is 40.0 Å². The fourth-order valence-electron chi connectivity index (χ4n) is 3.59. The van der Waals surface area contributed by atoms with Crippen LogP contribution in [0.2, 0.25) is 0 Å². The normalized spacial score (nSPS) is 29.4. The number of amides is 2. The van der Waals surface area contributed by atoms with Crippen LogP contribution in [-0.4, -0.2) is 58.9 Å². The zero-order valence-electron chi connectivity index (χ0n) is 14.3. The summed E-state index contributed by atoms with van der Waals surface area (Å²) in [6.45, 7) is 7.80. The van der Waals surface area contributed by atoms with Crippen molar-refractivity contribution in [3.05, 3.63) is 0 Å². The number of hydrogen-bond donors (Lipinski definition) is 1. The van der Waals surface area contributed by atoms with Crippen LogP contribution in [0.15, 0.2) is 0 Å². The summed E-state index contributed by atoms with van der Waals surface area (Å²) in [5, 5.41) is 9.21. The summed E-state index contributed by atoms with van der Waals surface area (Å²) in [5.74, 6) is -1.36. The maximum Gasteiger partial charge on any atom is 0.308 e. The zero-order valence-corrected chi connectivity index (χ0v) is 14.3. The summed E-state index contributed by atoms with van der Waals surface area (Å²) < 4.78 is 0. The number of carboxylic acid groups (broad SMARTS) is 1. The molecule has 6 heteroatoms. The van der Waals surface area contributed by atoms with E-state index in [-0.39, 0.29) is 29.6 Å². The van der Waals surface area contributed by atoms with E-state index in [1.54, 1.807) is 4.90 Å². The lowest BCUT2D eigenvalue weighted by Gasteiger charge is -2.35. The van der Waals surface area contributed by atoms with E-state index in [0.29, 0.717) is 19.6 Å². The zero-order chi connectivity index (χ0) is 17.1. The highest BCUT2D eigenvalue weighted by Gasteiger charge is 2.40. The molecule has 0 aliphatic carbocycles. The van der Waals surface area contributed by atoms with Gasteiger partial charge in [-0.25, -0.2) is 0 Å². The minimum Gasteiger partial charge on any atom is -0.481 e. The van der Waals surface area contributed by atoms with Gasteiger partial charge in [-0.2, -0.15) is 0 Å². The van der Waals surface area contributed by atoms with Crippen LogP contribution >= 0.6 is 0 Å². The van der Waals surface area contributed by atoms with Gasteiger partial charge in [-0.15, -0.1) is 0 Å². The number of carbonyl (C=O) groups excluding carboxylic acids is 2. The van der Waals surface area contributed by atoms with Crippen LogP contribution in [0.3, 0.4) is 0 Å². The van der Waals surface area contributed by atoms with E-state index < -0.39 is 11.9 Å². The topological polar surface area (TPSA) is 77.9 Å². The van der Waals surface area contributed by atoms with Crippen LogP contribution in [-0.2, 0) is 14.4 Å². The number of carbonyl (C=O) groups is 3. The van der Waals surface area contributed by atoms with E-state index in [9.17, 15) is 19.5 Å². The Morgan fingerprint density at radius 3 is 2.43 bits per heavy atom. The molecule has 2 heterocycles. The standard InChI is InChI=1S/C17H28N2O4/c1-4-11(2)15(20)18-7-5-6-13(9-18)16(21)19-8-12(3)14(10-19)17(22)23/h11-14H,4-10H2,1-3H3,(H,22,23)/t11?,12-,13?,14-/m1/s1. The number of aliphatic carboxylic acids is 1. The Bertz CT molecular complexity index is 479. The third-order valence-electron chi connectivity index (χ3n) is 5.36. The Morgan fingerprint density at radius 2 is 1.87 bits per heavy atom. The van der Waals surface area contributed by atoms with Gasteiger partial charge in [0.15, 0.2) is 0 Å². The lowest BCUT2D eigenvalue weighted by atomic mass is 9.95. The second-order valence-electron chi connectivity index (χ2n) is 7.10. The van der Waals surface area contributed by atoms with Crippen molar-refractivity contribution in [2.75, 3.05) is 26.2 Å². The first kappa shape index (κ1) is 17.8. The molecule has 2 amide bonds. The minimum atomic E-state index is -0.829. The number of carboxylic acids is 1. The highest BCUT2D eigenvalue weighted by Crippen LogP contribution is 2.27. The summed E-state index contributed by atoms with van der Waals surface area (Å²) in [7, 11) is 0. The number of hydrogen-bond acceptors (Lipinski definition) is 3. The van der Waals surface area contributed by atoms with Gasteiger partial charge in [-0.1, -0.05) is 20.8 Å². The summed E-state index contributed by atoms with van der Waals surface area (Å²) in [6.07, 6.45) is 2.42. The maximum absolute atomic E-state index is 12.7. The minimum absolute atomic E-state index is 0.00736. The molecular weight excluding hydrogens is 296 g/mol. The molecule has 2 rings (SSSR count). The smallest absolute Gasteiger partial charge is 0.308 e. The average molecular weight is 324 g/mol. The van der Waals surface area contributed by atoms with E-state index in [0.717, 1.165) is 25.8 Å². The molecule has 130 valence electrons. The van der Waals surface area contributed by atoms with E-state index in [4.69, 9.17) is 0 Å². The second-order valence-corrected chi connectivity index (χ2v) is 7.10. The molecule has 6 nitrogen and oxygen atoms in total. The molecule has 0 spiro atoms. The van der Waals surface area contributed by atoms with Gasteiger partial charge < -0.3 is 14.9 Å². The van der Waals surface area contributed by atoms with Crippen molar-refractivity contribution < 1.29 is 19.5 Å². The SMILES string of the molecule is CCC(C)C(=O)N1CCCC(C(=O)N2C[C@@H](C)[C@H](C(=O)O)C2)C1.